The molecule has 1 aromatic heterocycles. The molecule has 0 saturated heterocycles. The van der Waals surface area contributed by atoms with Crippen LogP contribution in [0, 0.1) is 19.7 Å². The number of anilines is 2. The molecule has 2 aromatic carbocycles. The van der Waals surface area contributed by atoms with Crippen molar-refractivity contribution in [3.8, 4) is 0 Å². The fourth-order valence-corrected chi connectivity index (χ4v) is 4.24. The molecule has 1 aliphatic rings. The van der Waals surface area contributed by atoms with Crippen molar-refractivity contribution < 1.29 is 18.7 Å². The number of hydrogen-bond donors (Lipinski definition) is 1. The summed E-state index contributed by atoms with van der Waals surface area (Å²) in [4.78, 5) is 32.0. The van der Waals surface area contributed by atoms with Crippen molar-refractivity contribution in [3.63, 3.8) is 0 Å². The fraction of sp³-hybridized carbons (Fsp3) is 0.280. The Morgan fingerprint density at radius 1 is 1.09 bits per heavy atom. The molecule has 0 bridgehead atoms. The highest BCUT2D eigenvalue weighted by Gasteiger charge is 2.38. The van der Waals surface area contributed by atoms with Crippen molar-refractivity contribution in [1.82, 2.24) is 14.8 Å². The molecule has 1 N–H and O–H groups in total. The van der Waals surface area contributed by atoms with Gasteiger partial charge < -0.3 is 15.0 Å². The van der Waals surface area contributed by atoms with Crippen molar-refractivity contribution in [2.24, 2.45) is 0 Å². The molecular weight excluding hydrogens is 437 g/mol. The van der Waals surface area contributed by atoms with Crippen molar-refractivity contribution in [2.75, 3.05) is 23.4 Å². The van der Waals surface area contributed by atoms with Crippen LogP contribution in [0.25, 0.3) is 0 Å². The van der Waals surface area contributed by atoms with Gasteiger partial charge >= 0.3 is 5.97 Å². The standard InChI is InChI=1S/C25H26FN5O3/c1-5-34-24(33)22-17(4)30(13-21(32)29-20-11-15(2)10-16(3)12-20)25-27-14-28-31(25)23(22)18-6-8-19(26)9-7-18/h6-12,14,23H,5,13H2,1-4H3,(H,29,32). The van der Waals surface area contributed by atoms with Crippen LogP contribution < -0.4 is 10.2 Å². The number of amides is 1. The van der Waals surface area contributed by atoms with Gasteiger partial charge in [0, 0.05) is 11.4 Å². The number of fused-ring (bicyclic) bond motifs is 1. The van der Waals surface area contributed by atoms with Crippen LogP contribution in [0.4, 0.5) is 16.0 Å². The Labute approximate surface area is 197 Å². The lowest BCUT2D eigenvalue weighted by Crippen LogP contribution is -2.40. The lowest BCUT2D eigenvalue weighted by molar-refractivity contribution is -0.139. The number of benzene rings is 2. The lowest BCUT2D eigenvalue weighted by atomic mass is 9.95. The number of carbonyl (C=O) groups is 2. The van der Waals surface area contributed by atoms with Gasteiger partial charge in [-0.2, -0.15) is 10.1 Å². The van der Waals surface area contributed by atoms with Crippen LogP contribution in [0.2, 0.25) is 0 Å². The summed E-state index contributed by atoms with van der Waals surface area (Å²) in [5.41, 5.74) is 4.24. The summed E-state index contributed by atoms with van der Waals surface area (Å²) in [6, 6.07) is 11.0. The van der Waals surface area contributed by atoms with Crippen LogP contribution in [0.1, 0.15) is 36.6 Å². The van der Waals surface area contributed by atoms with Gasteiger partial charge in [0.2, 0.25) is 11.9 Å². The van der Waals surface area contributed by atoms with Crippen LogP contribution in [-0.4, -0.2) is 39.8 Å². The first kappa shape index (κ1) is 23.2. The number of halogens is 1. The predicted molar refractivity (Wildman–Crippen MR) is 126 cm³/mol. The summed E-state index contributed by atoms with van der Waals surface area (Å²) in [5.74, 6) is -0.797. The monoisotopic (exact) mass is 463 g/mol. The molecule has 1 amide bonds. The smallest absolute Gasteiger partial charge is 0.338 e. The largest absolute Gasteiger partial charge is 0.463 e. The third-order valence-corrected chi connectivity index (χ3v) is 5.60. The Hall–Kier alpha value is -4.01. The summed E-state index contributed by atoms with van der Waals surface area (Å²) >= 11 is 0. The third-order valence-electron chi connectivity index (χ3n) is 5.60. The van der Waals surface area contributed by atoms with E-state index in [9.17, 15) is 14.0 Å². The van der Waals surface area contributed by atoms with Crippen molar-refractivity contribution in [2.45, 2.75) is 33.7 Å². The molecule has 4 rings (SSSR count). The number of aromatic nitrogens is 3. The number of nitrogens with one attached hydrogen (secondary N) is 1. The molecule has 0 radical (unpaired) electrons. The summed E-state index contributed by atoms with van der Waals surface area (Å²) < 4.78 is 20.5. The van der Waals surface area contributed by atoms with Gasteiger partial charge in [-0.25, -0.2) is 13.9 Å². The molecule has 8 nitrogen and oxygen atoms in total. The second kappa shape index (κ2) is 9.46. The van der Waals surface area contributed by atoms with E-state index >= 15 is 0 Å². The Balaban J connectivity index is 1.72. The van der Waals surface area contributed by atoms with E-state index in [1.807, 2.05) is 32.0 Å². The zero-order valence-corrected chi connectivity index (χ0v) is 19.5. The van der Waals surface area contributed by atoms with Crippen LogP contribution >= 0.6 is 0 Å². The topological polar surface area (TPSA) is 89.3 Å². The number of nitrogens with zero attached hydrogens (tertiary/aromatic N) is 4. The summed E-state index contributed by atoms with van der Waals surface area (Å²) in [5, 5.41) is 7.24. The molecule has 2 heterocycles. The van der Waals surface area contributed by atoms with Gasteiger partial charge in [-0.05, 0) is 68.7 Å². The Kier molecular flexibility index (Phi) is 6.45. The average molecular weight is 464 g/mol. The Bertz CT molecular complexity index is 1250. The maximum atomic E-state index is 13.6. The maximum Gasteiger partial charge on any atom is 0.338 e. The number of rotatable bonds is 6. The highest BCUT2D eigenvalue weighted by molar-refractivity contribution is 5.96. The molecule has 3 aromatic rings. The van der Waals surface area contributed by atoms with Crippen LogP contribution in [-0.2, 0) is 14.3 Å². The minimum absolute atomic E-state index is 0.0867. The molecule has 0 saturated carbocycles. The number of allylic oxidation sites excluding steroid dienone is 1. The zero-order valence-electron chi connectivity index (χ0n) is 19.5. The average Bonchev–Trinajstić information content (AvgIpc) is 3.25. The lowest BCUT2D eigenvalue weighted by Gasteiger charge is -2.35. The van der Waals surface area contributed by atoms with E-state index in [1.54, 1.807) is 35.6 Å². The number of esters is 1. The number of carbonyl (C=O) groups excluding carboxylic acids is 2. The van der Waals surface area contributed by atoms with Crippen LogP contribution in [0.5, 0.6) is 0 Å². The summed E-state index contributed by atoms with van der Waals surface area (Å²) in [7, 11) is 0. The molecule has 0 spiro atoms. The van der Waals surface area contributed by atoms with E-state index in [1.165, 1.54) is 18.5 Å². The van der Waals surface area contributed by atoms with Crippen molar-refractivity contribution >= 4 is 23.5 Å². The first-order valence-corrected chi connectivity index (χ1v) is 11.0. The van der Waals surface area contributed by atoms with Gasteiger partial charge in [-0.1, -0.05) is 18.2 Å². The molecule has 34 heavy (non-hydrogen) atoms. The van der Waals surface area contributed by atoms with Gasteiger partial charge in [0.1, 0.15) is 24.7 Å². The van der Waals surface area contributed by atoms with Gasteiger partial charge in [0.25, 0.3) is 0 Å². The van der Waals surface area contributed by atoms with E-state index in [4.69, 9.17) is 4.74 Å². The maximum absolute atomic E-state index is 13.6. The Morgan fingerprint density at radius 2 is 1.76 bits per heavy atom. The molecular formula is C25H26FN5O3. The van der Waals surface area contributed by atoms with E-state index in [0.29, 0.717) is 28.5 Å². The van der Waals surface area contributed by atoms with Crippen molar-refractivity contribution in [3.05, 3.63) is 82.6 Å². The quantitative estimate of drug-likeness (QED) is 0.558. The molecule has 0 fully saturated rings. The minimum Gasteiger partial charge on any atom is -0.463 e. The van der Waals surface area contributed by atoms with Gasteiger partial charge in [-0.3, -0.25) is 4.79 Å². The molecule has 176 valence electrons. The van der Waals surface area contributed by atoms with E-state index < -0.39 is 12.0 Å². The third kappa shape index (κ3) is 4.54. The summed E-state index contributed by atoms with van der Waals surface area (Å²) in [6.45, 7) is 7.48. The van der Waals surface area contributed by atoms with E-state index in [2.05, 4.69) is 15.4 Å². The second-order valence-corrected chi connectivity index (χ2v) is 8.19. The van der Waals surface area contributed by atoms with Gasteiger partial charge in [0.05, 0.1) is 12.2 Å². The summed E-state index contributed by atoms with van der Waals surface area (Å²) in [6.07, 6.45) is 1.36. The second-order valence-electron chi connectivity index (χ2n) is 8.19. The number of aryl methyl sites for hydroxylation is 2. The first-order valence-electron chi connectivity index (χ1n) is 11.0. The first-order chi connectivity index (χ1) is 16.3. The molecule has 0 aliphatic carbocycles. The van der Waals surface area contributed by atoms with E-state index in [-0.39, 0.29) is 24.9 Å². The van der Waals surface area contributed by atoms with Crippen LogP contribution in [0.15, 0.2) is 60.1 Å². The van der Waals surface area contributed by atoms with Gasteiger partial charge in [-0.15, -0.1) is 0 Å². The number of ether oxygens (including phenoxy) is 1. The van der Waals surface area contributed by atoms with Gasteiger partial charge in [0.15, 0.2) is 0 Å². The minimum atomic E-state index is -0.670. The SMILES string of the molecule is CCOC(=O)C1=C(C)N(CC(=O)Nc2cc(C)cc(C)c2)c2ncnn2C1c1ccc(F)cc1. The highest BCUT2D eigenvalue weighted by Crippen LogP contribution is 2.38. The van der Waals surface area contributed by atoms with Crippen molar-refractivity contribution in [1.29, 1.82) is 0 Å². The van der Waals surface area contributed by atoms with Crippen LogP contribution in [0.3, 0.4) is 0 Å². The molecule has 1 aliphatic heterocycles. The normalized spacial score (nSPS) is 15.2. The predicted octanol–water partition coefficient (Wildman–Crippen LogP) is 3.92. The molecule has 1 atom stereocenters. The van der Waals surface area contributed by atoms with E-state index in [0.717, 1.165) is 11.1 Å². The highest BCUT2D eigenvalue weighted by atomic mass is 19.1. The zero-order chi connectivity index (χ0) is 24.4. The fourth-order valence-electron chi connectivity index (χ4n) is 4.24. The molecule has 1 unspecified atom stereocenters. The Morgan fingerprint density at radius 3 is 2.41 bits per heavy atom. The molecule has 9 heteroatoms. The number of hydrogen-bond acceptors (Lipinski definition) is 6.